The predicted molar refractivity (Wildman–Crippen MR) is 133 cm³/mol. The summed E-state index contributed by atoms with van der Waals surface area (Å²) >= 11 is 0. The molecule has 0 fully saturated rings. The first-order valence-electron chi connectivity index (χ1n) is 10.7. The fourth-order valence-electron chi connectivity index (χ4n) is 3.80. The van der Waals surface area contributed by atoms with Crippen molar-refractivity contribution in [1.29, 1.82) is 0 Å². The SMILES string of the molecule is C=CCn1c(NC(=C)c2ccccc2F)nc(Cc2ccccc2)c1-c1ccc(OC)cc1. The Kier molecular flexibility index (Phi) is 6.69. The van der Waals surface area contributed by atoms with Gasteiger partial charge in [0, 0.05) is 29.8 Å². The van der Waals surface area contributed by atoms with E-state index in [1.165, 1.54) is 6.07 Å². The second-order valence-corrected chi connectivity index (χ2v) is 7.60. The minimum Gasteiger partial charge on any atom is -0.497 e. The lowest BCUT2D eigenvalue weighted by atomic mass is 10.0. The van der Waals surface area contributed by atoms with Gasteiger partial charge in [-0.05, 0) is 42.0 Å². The number of imidazole rings is 1. The third-order valence-electron chi connectivity index (χ3n) is 5.39. The number of hydrogen-bond acceptors (Lipinski definition) is 3. The van der Waals surface area contributed by atoms with Crippen LogP contribution in [0.15, 0.2) is 98.1 Å². The Morgan fingerprint density at radius 2 is 1.73 bits per heavy atom. The van der Waals surface area contributed by atoms with Gasteiger partial charge in [-0.1, -0.05) is 55.1 Å². The van der Waals surface area contributed by atoms with E-state index in [1.807, 2.05) is 53.1 Å². The third-order valence-corrected chi connectivity index (χ3v) is 5.39. The van der Waals surface area contributed by atoms with Crippen LogP contribution >= 0.6 is 0 Å². The smallest absolute Gasteiger partial charge is 0.208 e. The molecule has 1 heterocycles. The minimum atomic E-state index is -0.336. The molecule has 33 heavy (non-hydrogen) atoms. The molecular formula is C28H26FN3O. The van der Waals surface area contributed by atoms with Gasteiger partial charge in [-0.3, -0.25) is 0 Å². The van der Waals surface area contributed by atoms with Gasteiger partial charge in [0.2, 0.25) is 5.95 Å². The zero-order valence-corrected chi connectivity index (χ0v) is 18.6. The number of anilines is 1. The molecule has 0 amide bonds. The molecule has 166 valence electrons. The van der Waals surface area contributed by atoms with Gasteiger partial charge in [0.25, 0.3) is 0 Å². The van der Waals surface area contributed by atoms with Gasteiger partial charge in [0.05, 0.1) is 18.5 Å². The van der Waals surface area contributed by atoms with E-state index in [2.05, 4.69) is 30.6 Å². The van der Waals surface area contributed by atoms with Crippen LogP contribution in [0.2, 0.25) is 0 Å². The summed E-state index contributed by atoms with van der Waals surface area (Å²) in [4.78, 5) is 4.93. The van der Waals surface area contributed by atoms with E-state index in [1.54, 1.807) is 25.3 Å². The molecule has 4 rings (SSSR count). The maximum Gasteiger partial charge on any atom is 0.208 e. The van der Waals surface area contributed by atoms with Crippen LogP contribution in [0.3, 0.4) is 0 Å². The largest absolute Gasteiger partial charge is 0.497 e. The van der Waals surface area contributed by atoms with Gasteiger partial charge in [-0.2, -0.15) is 0 Å². The van der Waals surface area contributed by atoms with E-state index in [9.17, 15) is 4.39 Å². The average Bonchev–Trinajstić information content (AvgIpc) is 3.16. The van der Waals surface area contributed by atoms with E-state index < -0.39 is 0 Å². The summed E-state index contributed by atoms with van der Waals surface area (Å²) in [5.41, 5.74) is 4.86. The summed E-state index contributed by atoms with van der Waals surface area (Å²) in [5.74, 6) is 1.03. The molecule has 5 heteroatoms. The van der Waals surface area contributed by atoms with Crippen LogP contribution in [0.4, 0.5) is 10.3 Å². The van der Waals surface area contributed by atoms with Crippen molar-refractivity contribution in [2.45, 2.75) is 13.0 Å². The van der Waals surface area contributed by atoms with Crippen LogP contribution in [-0.4, -0.2) is 16.7 Å². The number of halogens is 1. The van der Waals surface area contributed by atoms with Crippen LogP contribution < -0.4 is 10.1 Å². The Labute approximate surface area is 193 Å². The van der Waals surface area contributed by atoms with Crippen molar-refractivity contribution in [2.24, 2.45) is 0 Å². The van der Waals surface area contributed by atoms with E-state index in [4.69, 9.17) is 9.72 Å². The van der Waals surface area contributed by atoms with E-state index in [0.29, 0.717) is 30.2 Å². The zero-order valence-electron chi connectivity index (χ0n) is 18.6. The summed E-state index contributed by atoms with van der Waals surface area (Å²) in [7, 11) is 1.65. The molecule has 1 N–H and O–H groups in total. The standard InChI is InChI=1S/C28H26FN3O/c1-4-18-32-27(22-14-16-23(33-3)17-15-22)26(19-21-10-6-5-7-11-21)31-28(32)30-20(2)24-12-8-9-13-25(24)29/h4-17H,1-2,18-19H2,3H3,(H,30,31). The molecule has 1 aromatic heterocycles. The highest BCUT2D eigenvalue weighted by atomic mass is 19.1. The van der Waals surface area contributed by atoms with Crippen LogP contribution in [0.25, 0.3) is 17.0 Å². The number of ether oxygens (including phenoxy) is 1. The molecule has 4 nitrogen and oxygen atoms in total. The first-order chi connectivity index (χ1) is 16.1. The second-order valence-electron chi connectivity index (χ2n) is 7.60. The number of benzene rings is 3. The molecule has 0 aliphatic heterocycles. The fourth-order valence-corrected chi connectivity index (χ4v) is 3.80. The maximum absolute atomic E-state index is 14.3. The van der Waals surface area contributed by atoms with E-state index >= 15 is 0 Å². The van der Waals surface area contributed by atoms with Crippen molar-refractivity contribution >= 4 is 11.6 Å². The monoisotopic (exact) mass is 439 g/mol. The number of allylic oxidation sites excluding steroid dienone is 1. The van der Waals surface area contributed by atoms with E-state index in [0.717, 1.165) is 28.3 Å². The Hall–Kier alpha value is -4.12. The van der Waals surface area contributed by atoms with E-state index in [-0.39, 0.29) is 5.82 Å². The Balaban J connectivity index is 1.81. The molecular weight excluding hydrogens is 413 g/mol. The first-order valence-corrected chi connectivity index (χ1v) is 10.7. The maximum atomic E-state index is 14.3. The van der Waals surface area contributed by atoms with Crippen molar-refractivity contribution < 1.29 is 9.13 Å². The Morgan fingerprint density at radius 1 is 1.03 bits per heavy atom. The molecule has 0 radical (unpaired) electrons. The molecule has 0 aliphatic carbocycles. The second kappa shape index (κ2) is 10.0. The third kappa shape index (κ3) is 4.88. The van der Waals surface area contributed by atoms with Crippen molar-refractivity contribution in [3.63, 3.8) is 0 Å². The molecule has 3 aromatic carbocycles. The van der Waals surface area contributed by atoms with Crippen molar-refractivity contribution in [2.75, 3.05) is 12.4 Å². The Morgan fingerprint density at radius 3 is 2.39 bits per heavy atom. The van der Waals surface area contributed by atoms with Gasteiger partial charge in [-0.15, -0.1) is 6.58 Å². The predicted octanol–water partition coefficient (Wildman–Crippen LogP) is 6.56. The zero-order chi connectivity index (χ0) is 23.2. The molecule has 0 bridgehead atoms. The lowest BCUT2D eigenvalue weighted by molar-refractivity contribution is 0.415. The number of methoxy groups -OCH3 is 1. The van der Waals surface area contributed by atoms with Crippen molar-refractivity contribution in [1.82, 2.24) is 9.55 Å². The topological polar surface area (TPSA) is 39.1 Å². The van der Waals surface area contributed by atoms with Crippen LogP contribution in [0, 0.1) is 5.82 Å². The number of nitrogens with zero attached hydrogens (tertiary/aromatic N) is 2. The lowest BCUT2D eigenvalue weighted by Crippen LogP contribution is -2.08. The van der Waals surface area contributed by atoms with Gasteiger partial charge in [0.15, 0.2) is 0 Å². The highest BCUT2D eigenvalue weighted by Crippen LogP contribution is 2.32. The highest BCUT2D eigenvalue weighted by molar-refractivity contribution is 5.75. The molecule has 0 aliphatic rings. The quantitative estimate of drug-likeness (QED) is 0.300. The number of rotatable bonds is 9. The summed E-state index contributed by atoms with van der Waals surface area (Å²) < 4.78 is 21.7. The summed E-state index contributed by atoms with van der Waals surface area (Å²) in [6.07, 6.45) is 2.46. The van der Waals surface area contributed by atoms with Crippen LogP contribution in [0.1, 0.15) is 16.8 Å². The molecule has 0 unspecified atom stereocenters. The number of hydrogen-bond donors (Lipinski definition) is 1. The molecule has 0 saturated carbocycles. The molecule has 0 spiro atoms. The lowest BCUT2D eigenvalue weighted by Gasteiger charge is -2.14. The molecule has 0 atom stereocenters. The van der Waals surface area contributed by atoms with Crippen LogP contribution in [0.5, 0.6) is 5.75 Å². The van der Waals surface area contributed by atoms with Crippen molar-refractivity contribution in [3.8, 4) is 17.0 Å². The van der Waals surface area contributed by atoms with Gasteiger partial charge in [-0.25, -0.2) is 9.37 Å². The van der Waals surface area contributed by atoms with Crippen molar-refractivity contribution in [3.05, 3.63) is 121 Å². The number of nitrogens with one attached hydrogen (secondary N) is 1. The minimum absolute atomic E-state index is 0.336. The van der Waals surface area contributed by atoms with Gasteiger partial charge in [0.1, 0.15) is 11.6 Å². The Bertz CT molecular complexity index is 1260. The van der Waals surface area contributed by atoms with Gasteiger partial charge < -0.3 is 14.6 Å². The number of aromatic nitrogens is 2. The average molecular weight is 440 g/mol. The van der Waals surface area contributed by atoms with Crippen LogP contribution in [-0.2, 0) is 13.0 Å². The fraction of sp³-hybridized carbons (Fsp3) is 0.107. The summed E-state index contributed by atoms with van der Waals surface area (Å²) in [6, 6.07) is 24.6. The first kappa shape index (κ1) is 22.1. The molecule has 4 aromatic rings. The van der Waals surface area contributed by atoms with Gasteiger partial charge >= 0.3 is 0 Å². The highest BCUT2D eigenvalue weighted by Gasteiger charge is 2.20. The summed E-state index contributed by atoms with van der Waals surface area (Å²) in [6.45, 7) is 8.50. The summed E-state index contributed by atoms with van der Waals surface area (Å²) in [5, 5.41) is 3.24. The normalized spacial score (nSPS) is 10.6. The molecule has 0 saturated heterocycles.